The van der Waals surface area contributed by atoms with Crippen LogP contribution in [0, 0.1) is 20.8 Å². The van der Waals surface area contributed by atoms with Crippen LogP contribution in [0.5, 0.6) is 0 Å². The van der Waals surface area contributed by atoms with Gasteiger partial charge in [-0.2, -0.15) is 0 Å². The molecule has 6 nitrogen and oxygen atoms in total. The number of aromatic nitrogens is 3. The summed E-state index contributed by atoms with van der Waals surface area (Å²) in [7, 11) is 0. The van der Waals surface area contributed by atoms with E-state index >= 15 is 0 Å². The molecule has 2 aromatic heterocycles. The van der Waals surface area contributed by atoms with Gasteiger partial charge in [0.2, 0.25) is 0 Å². The highest BCUT2D eigenvalue weighted by Gasteiger charge is 2.20. The summed E-state index contributed by atoms with van der Waals surface area (Å²) < 4.78 is 1.50. The largest absolute Gasteiger partial charge is 0.341 e. The molecular formula is C21H24N4O2. The Hall–Kier alpha value is -3.15. The highest BCUT2D eigenvalue weighted by molar-refractivity contribution is 5.66. The average Bonchev–Trinajstić information content (AvgIpc) is 2.58. The van der Waals surface area contributed by atoms with E-state index in [4.69, 9.17) is 0 Å². The Morgan fingerprint density at radius 1 is 1.11 bits per heavy atom. The van der Waals surface area contributed by atoms with Gasteiger partial charge < -0.3 is 5.32 Å². The Bertz CT molecular complexity index is 1110. The molecule has 0 saturated carbocycles. The average molecular weight is 364 g/mol. The molecule has 0 atom stereocenters. The van der Waals surface area contributed by atoms with Crippen molar-refractivity contribution in [2.24, 2.45) is 0 Å². The summed E-state index contributed by atoms with van der Waals surface area (Å²) in [4.78, 5) is 32.1. The number of hydrogen-bond acceptors (Lipinski definition) is 4. The summed E-state index contributed by atoms with van der Waals surface area (Å²) in [5, 5.41) is 3.34. The highest BCUT2D eigenvalue weighted by atomic mass is 16.2. The monoisotopic (exact) mass is 364 g/mol. The molecule has 0 radical (unpaired) electrons. The molecule has 0 saturated heterocycles. The third-order valence-electron chi connectivity index (χ3n) is 4.58. The Balaban J connectivity index is 2.34. The number of pyridine rings is 1. The van der Waals surface area contributed by atoms with Crippen LogP contribution in [-0.4, -0.2) is 14.5 Å². The van der Waals surface area contributed by atoms with Gasteiger partial charge >= 0.3 is 5.69 Å². The molecule has 0 aliphatic heterocycles. The van der Waals surface area contributed by atoms with Crippen molar-refractivity contribution in [3.8, 4) is 5.69 Å². The van der Waals surface area contributed by atoms with Crippen LogP contribution in [-0.2, 0) is 0 Å². The van der Waals surface area contributed by atoms with E-state index in [9.17, 15) is 9.59 Å². The lowest BCUT2D eigenvalue weighted by atomic mass is 10.0. The first-order valence-electron chi connectivity index (χ1n) is 8.95. The van der Waals surface area contributed by atoms with Crippen molar-refractivity contribution >= 4 is 11.5 Å². The molecule has 3 rings (SSSR count). The second-order valence-corrected chi connectivity index (χ2v) is 7.06. The summed E-state index contributed by atoms with van der Waals surface area (Å²) in [6, 6.07) is 9.60. The number of anilines is 2. The molecule has 3 aromatic rings. The Labute approximate surface area is 157 Å². The van der Waals surface area contributed by atoms with E-state index in [2.05, 4.69) is 21.4 Å². The lowest BCUT2D eigenvalue weighted by Crippen LogP contribution is -2.34. The SMILES string of the molecule is Cc1ccc(Nc2c(C(C)C)c(=O)[nH]c(=O)n2-c2cccnc2C)c(C)c1. The van der Waals surface area contributed by atoms with Crippen molar-refractivity contribution in [3.05, 3.63) is 79.8 Å². The Morgan fingerprint density at radius 3 is 2.48 bits per heavy atom. The molecule has 27 heavy (non-hydrogen) atoms. The third kappa shape index (κ3) is 3.56. The summed E-state index contributed by atoms with van der Waals surface area (Å²) in [5.41, 5.74) is 4.02. The molecule has 0 amide bonds. The minimum Gasteiger partial charge on any atom is -0.341 e. The molecular weight excluding hydrogens is 340 g/mol. The summed E-state index contributed by atoms with van der Waals surface area (Å²) in [5.74, 6) is 0.396. The van der Waals surface area contributed by atoms with E-state index in [1.54, 1.807) is 12.3 Å². The number of benzene rings is 1. The van der Waals surface area contributed by atoms with Crippen molar-refractivity contribution in [2.75, 3.05) is 5.32 Å². The smallest absolute Gasteiger partial charge is 0.334 e. The van der Waals surface area contributed by atoms with Gasteiger partial charge in [-0.05, 0) is 50.5 Å². The van der Waals surface area contributed by atoms with Gasteiger partial charge in [0.25, 0.3) is 5.56 Å². The standard InChI is InChI=1S/C21H24N4O2/c1-12(2)18-19(23-16-9-8-13(3)11-14(16)4)25(21(27)24-20(18)26)17-7-6-10-22-15(17)5/h6-12,23H,1-5H3,(H,24,26,27). The van der Waals surface area contributed by atoms with Gasteiger partial charge in [0.15, 0.2) is 0 Å². The second kappa shape index (κ2) is 7.23. The van der Waals surface area contributed by atoms with Crippen molar-refractivity contribution in [2.45, 2.75) is 40.5 Å². The molecule has 140 valence electrons. The van der Waals surface area contributed by atoms with Gasteiger partial charge in [0, 0.05) is 11.9 Å². The topological polar surface area (TPSA) is 79.8 Å². The second-order valence-electron chi connectivity index (χ2n) is 7.06. The van der Waals surface area contributed by atoms with Crippen LogP contribution in [0.3, 0.4) is 0 Å². The van der Waals surface area contributed by atoms with Gasteiger partial charge in [-0.3, -0.25) is 14.8 Å². The maximum atomic E-state index is 12.8. The third-order valence-corrected chi connectivity index (χ3v) is 4.58. The van der Waals surface area contributed by atoms with Crippen LogP contribution in [0.25, 0.3) is 5.69 Å². The first kappa shape index (κ1) is 18.6. The zero-order valence-corrected chi connectivity index (χ0v) is 16.3. The van der Waals surface area contributed by atoms with E-state index in [-0.39, 0.29) is 11.5 Å². The summed E-state index contributed by atoms with van der Waals surface area (Å²) >= 11 is 0. The molecule has 0 aliphatic carbocycles. The Kier molecular flexibility index (Phi) is 4.99. The number of rotatable bonds is 4. The van der Waals surface area contributed by atoms with Crippen molar-refractivity contribution in [1.82, 2.24) is 14.5 Å². The minimum absolute atomic E-state index is 0.0779. The summed E-state index contributed by atoms with van der Waals surface area (Å²) in [6.07, 6.45) is 1.68. The number of aryl methyl sites for hydroxylation is 3. The zero-order valence-electron chi connectivity index (χ0n) is 16.3. The predicted octanol–water partition coefficient (Wildman–Crippen LogP) is 3.71. The maximum Gasteiger partial charge on any atom is 0.334 e. The number of nitrogens with one attached hydrogen (secondary N) is 2. The molecule has 0 aliphatic rings. The zero-order chi connectivity index (χ0) is 19.7. The minimum atomic E-state index is -0.493. The van der Waals surface area contributed by atoms with Gasteiger partial charge in [-0.1, -0.05) is 31.5 Å². The molecule has 1 aromatic carbocycles. The maximum absolute atomic E-state index is 12.8. The van der Waals surface area contributed by atoms with Crippen LogP contribution in [0.1, 0.15) is 42.1 Å². The first-order chi connectivity index (χ1) is 12.8. The van der Waals surface area contributed by atoms with Crippen LogP contribution in [0.2, 0.25) is 0 Å². The molecule has 0 bridgehead atoms. The normalized spacial score (nSPS) is 11.0. The van der Waals surface area contributed by atoms with Gasteiger partial charge in [0.05, 0.1) is 16.9 Å². The van der Waals surface area contributed by atoms with Crippen molar-refractivity contribution in [3.63, 3.8) is 0 Å². The molecule has 6 heteroatoms. The fourth-order valence-corrected chi connectivity index (χ4v) is 3.23. The molecule has 0 spiro atoms. The van der Waals surface area contributed by atoms with E-state index < -0.39 is 5.69 Å². The van der Waals surface area contributed by atoms with Gasteiger partial charge in [0.1, 0.15) is 5.82 Å². The number of H-pyrrole nitrogens is 1. The van der Waals surface area contributed by atoms with E-state index in [0.717, 1.165) is 16.8 Å². The molecule has 0 fully saturated rings. The van der Waals surface area contributed by atoms with Crippen LogP contribution < -0.4 is 16.6 Å². The van der Waals surface area contributed by atoms with Crippen LogP contribution in [0.15, 0.2) is 46.1 Å². The molecule has 0 unspecified atom stereocenters. The van der Waals surface area contributed by atoms with E-state index in [1.165, 1.54) is 4.57 Å². The predicted molar refractivity (Wildman–Crippen MR) is 108 cm³/mol. The van der Waals surface area contributed by atoms with Crippen molar-refractivity contribution in [1.29, 1.82) is 0 Å². The van der Waals surface area contributed by atoms with Gasteiger partial charge in [-0.25, -0.2) is 9.36 Å². The number of aromatic amines is 1. The fourth-order valence-electron chi connectivity index (χ4n) is 3.23. The van der Waals surface area contributed by atoms with Crippen molar-refractivity contribution < 1.29 is 0 Å². The van der Waals surface area contributed by atoms with Gasteiger partial charge in [-0.15, -0.1) is 0 Å². The lowest BCUT2D eigenvalue weighted by Gasteiger charge is -2.21. The molecule has 2 N–H and O–H groups in total. The van der Waals surface area contributed by atoms with E-state index in [0.29, 0.717) is 22.8 Å². The van der Waals surface area contributed by atoms with E-state index in [1.807, 2.05) is 52.8 Å². The molecule has 2 heterocycles. The quantitative estimate of drug-likeness (QED) is 0.739. The summed E-state index contributed by atoms with van der Waals surface area (Å²) in [6.45, 7) is 9.72. The lowest BCUT2D eigenvalue weighted by molar-refractivity contribution is 0.791. The highest BCUT2D eigenvalue weighted by Crippen LogP contribution is 2.28. The van der Waals surface area contributed by atoms with Crippen LogP contribution >= 0.6 is 0 Å². The van der Waals surface area contributed by atoms with Crippen LogP contribution in [0.4, 0.5) is 11.5 Å². The Morgan fingerprint density at radius 2 is 1.85 bits per heavy atom. The number of nitrogens with zero attached hydrogens (tertiary/aromatic N) is 2. The first-order valence-corrected chi connectivity index (χ1v) is 8.95. The number of hydrogen-bond donors (Lipinski definition) is 2. The fraction of sp³-hybridized carbons (Fsp3) is 0.286.